The molecule has 5 amide bonds. The first-order chi connectivity index (χ1) is 22.6. The molecule has 4 aromatic rings. The lowest BCUT2D eigenvalue weighted by molar-refractivity contribution is -0.112. The number of guanidine groups is 1. The third kappa shape index (κ3) is 8.37. The molecule has 4 rings (SSSR count). The fourth-order valence-electron chi connectivity index (χ4n) is 4.54. The second-order valence-corrected chi connectivity index (χ2v) is 11.5. The van der Waals surface area contributed by atoms with Gasteiger partial charge >= 0.3 is 0 Å². The highest BCUT2D eigenvalue weighted by Gasteiger charge is 2.20. The van der Waals surface area contributed by atoms with E-state index in [0.29, 0.717) is 22.8 Å². The highest BCUT2D eigenvalue weighted by Crippen LogP contribution is 2.20. The fraction of sp³-hybridized carbons (Fsp3) is 0.207. The van der Waals surface area contributed by atoms with E-state index in [2.05, 4.69) is 59.4 Å². The van der Waals surface area contributed by atoms with Crippen LogP contribution in [-0.4, -0.2) is 71.8 Å². The molecule has 0 aliphatic rings. The third-order valence-electron chi connectivity index (χ3n) is 6.78. The van der Waals surface area contributed by atoms with Crippen molar-refractivity contribution in [1.82, 2.24) is 33.9 Å². The highest BCUT2D eigenvalue weighted by atomic mass is 79.9. The average Bonchev–Trinajstić information content (AvgIpc) is 3.76. The summed E-state index contributed by atoms with van der Waals surface area (Å²) in [6.07, 6.45) is 6.18. The number of carbonyl (C=O) groups is 5. The van der Waals surface area contributed by atoms with Crippen LogP contribution >= 0.6 is 15.9 Å². The Morgan fingerprint density at radius 2 is 1.15 bits per heavy atom. The van der Waals surface area contributed by atoms with Gasteiger partial charge in [0.15, 0.2) is 11.8 Å². The summed E-state index contributed by atoms with van der Waals surface area (Å²) < 4.78 is 6.17. The molecule has 0 spiro atoms. The molecule has 0 saturated carbocycles. The number of carbonyl (C=O) groups excluding carboxylic acids is 5. The van der Waals surface area contributed by atoms with E-state index in [4.69, 9.17) is 11.1 Å². The van der Waals surface area contributed by atoms with Gasteiger partial charge in [0.25, 0.3) is 29.5 Å². The first kappa shape index (κ1) is 34.8. The molecule has 9 N–H and O–H groups in total. The maximum atomic E-state index is 13.1. The number of anilines is 4. The minimum absolute atomic E-state index is 0.0177. The van der Waals surface area contributed by atoms with Crippen molar-refractivity contribution >= 4 is 74.3 Å². The molecule has 4 aromatic heterocycles. The molecule has 18 nitrogen and oxygen atoms in total. The number of hydrogen-bond donors (Lipinski definition) is 8. The number of nitrogens with zero attached hydrogens (tertiary/aromatic N) is 5. The third-order valence-corrected chi connectivity index (χ3v) is 7.14. The smallest absolute Gasteiger partial charge is 0.291 e. The van der Waals surface area contributed by atoms with Crippen molar-refractivity contribution in [3.8, 4) is 0 Å². The summed E-state index contributed by atoms with van der Waals surface area (Å²) in [7, 11) is 6.53. The van der Waals surface area contributed by atoms with Gasteiger partial charge in [0, 0.05) is 66.1 Å². The molecule has 0 aromatic carbocycles. The van der Waals surface area contributed by atoms with Crippen LogP contribution < -0.4 is 37.6 Å². The second kappa shape index (κ2) is 14.5. The highest BCUT2D eigenvalue weighted by molar-refractivity contribution is 9.12. The van der Waals surface area contributed by atoms with Crippen molar-refractivity contribution in [3.05, 3.63) is 77.0 Å². The first-order valence-electron chi connectivity index (χ1n) is 14.1. The molecule has 0 atom stereocenters. The largest absolute Gasteiger partial charge is 0.370 e. The van der Waals surface area contributed by atoms with Crippen molar-refractivity contribution < 1.29 is 24.0 Å². The Hall–Kier alpha value is -6.11. The van der Waals surface area contributed by atoms with E-state index in [-0.39, 0.29) is 52.5 Å². The van der Waals surface area contributed by atoms with Crippen molar-refractivity contribution in [2.75, 3.05) is 34.4 Å². The second-order valence-electron chi connectivity index (χ2n) is 10.6. The van der Waals surface area contributed by atoms with Gasteiger partial charge in [-0.3, -0.25) is 29.4 Å². The van der Waals surface area contributed by atoms with E-state index in [1.807, 2.05) is 0 Å². The Bertz CT molecular complexity index is 1950. The molecule has 4 heterocycles. The van der Waals surface area contributed by atoms with E-state index in [1.165, 1.54) is 38.1 Å². The monoisotopic (exact) mass is 723 g/mol. The maximum Gasteiger partial charge on any atom is 0.291 e. The Morgan fingerprint density at radius 3 is 1.60 bits per heavy atom. The van der Waals surface area contributed by atoms with Crippen molar-refractivity contribution in [2.24, 2.45) is 33.9 Å². The lowest BCUT2D eigenvalue weighted by Gasteiger charge is -2.06. The molecular weight excluding hydrogens is 690 g/mol. The van der Waals surface area contributed by atoms with Gasteiger partial charge in [0.05, 0.1) is 21.5 Å². The van der Waals surface area contributed by atoms with Gasteiger partial charge in [-0.1, -0.05) is 6.58 Å². The Balaban J connectivity index is 1.37. The molecule has 48 heavy (non-hydrogen) atoms. The van der Waals surface area contributed by atoms with Crippen LogP contribution in [0.1, 0.15) is 42.1 Å². The number of nitrogens with two attached hydrogens (primary N) is 1. The van der Waals surface area contributed by atoms with Gasteiger partial charge in [-0.15, -0.1) is 0 Å². The van der Waals surface area contributed by atoms with Crippen LogP contribution in [0.5, 0.6) is 0 Å². The molecule has 19 heteroatoms. The molecule has 0 bridgehead atoms. The minimum Gasteiger partial charge on any atom is -0.370 e. The molecule has 0 aliphatic carbocycles. The molecule has 0 unspecified atom stereocenters. The zero-order valence-electron chi connectivity index (χ0n) is 26.4. The van der Waals surface area contributed by atoms with Gasteiger partial charge < -0.3 is 55.9 Å². The van der Waals surface area contributed by atoms with Gasteiger partial charge in [-0.2, -0.15) is 0 Å². The van der Waals surface area contributed by atoms with Crippen LogP contribution in [0, 0.1) is 5.41 Å². The normalized spacial score (nSPS) is 10.6. The summed E-state index contributed by atoms with van der Waals surface area (Å²) in [5.41, 5.74) is 7.05. The van der Waals surface area contributed by atoms with Crippen LogP contribution in [0.15, 0.2) is 54.0 Å². The summed E-state index contributed by atoms with van der Waals surface area (Å²) in [6, 6.07) is 4.50. The molecular formula is C29H34BrN13O5. The van der Waals surface area contributed by atoms with Gasteiger partial charge in [0.2, 0.25) is 5.82 Å². The van der Waals surface area contributed by atoms with Crippen LogP contribution in [0.4, 0.5) is 22.9 Å². The van der Waals surface area contributed by atoms with Crippen molar-refractivity contribution in [1.29, 1.82) is 5.41 Å². The predicted octanol–water partition coefficient (Wildman–Crippen LogP) is 1.25. The van der Waals surface area contributed by atoms with Gasteiger partial charge in [-0.05, 0) is 34.1 Å². The van der Waals surface area contributed by atoms with Crippen molar-refractivity contribution in [3.63, 3.8) is 0 Å². The summed E-state index contributed by atoms with van der Waals surface area (Å²) >= 11 is 2.98. The maximum absolute atomic E-state index is 13.1. The summed E-state index contributed by atoms with van der Waals surface area (Å²) in [5, 5.41) is 23.1. The number of amides is 5. The average molecular weight is 725 g/mol. The Morgan fingerprint density at radius 1 is 0.708 bits per heavy atom. The van der Waals surface area contributed by atoms with Gasteiger partial charge in [-0.25, -0.2) is 4.98 Å². The summed E-state index contributed by atoms with van der Waals surface area (Å²) in [4.78, 5) is 67.6. The minimum atomic E-state index is -0.569. The van der Waals surface area contributed by atoms with Crippen LogP contribution in [0.3, 0.4) is 0 Å². The fourth-order valence-corrected chi connectivity index (χ4v) is 4.64. The Labute approximate surface area is 282 Å². The molecule has 252 valence electrons. The van der Waals surface area contributed by atoms with Gasteiger partial charge in [0.1, 0.15) is 17.1 Å². The number of hydrogen-bond acceptors (Lipinski definition) is 7. The predicted molar refractivity (Wildman–Crippen MR) is 182 cm³/mol. The Kier molecular flexibility index (Phi) is 10.5. The van der Waals surface area contributed by atoms with E-state index in [9.17, 15) is 24.0 Å². The number of aryl methyl sites for hydroxylation is 4. The number of rotatable bonds is 12. The SMILES string of the molecule is C=C(Br)C(=O)Nc1cn(C)c(C(=O)Nc2cc(C(=O)Nc3cc(C(=O)Nc4cc(C(=O)NCCNC(=N)N)n(C)c4)n(C)c3)n(C)c2)n1. The number of aromatic nitrogens is 5. The summed E-state index contributed by atoms with van der Waals surface area (Å²) in [5.74, 6) is -2.44. The van der Waals surface area contributed by atoms with E-state index >= 15 is 0 Å². The molecule has 0 fully saturated rings. The first-order valence-corrected chi connectivity index (χ1v) is 14.9. The van der Waals surface area contributed by atoms with E-state index in [1.54, 1.807) is 51.3 Å². The molecule has 0 radical (unpaired) electrons. The molecule has 0 aliphatic heterocycles. The van der Waals surface area contributed by atoms with Crippen LogP contribution in [0.25, 0.3) is 0 Å². The zero-order valence-corrected chi connectivity index (χ0v) is 28.0. The summed E-state index contributed by atoms with van der Waals surface area (Å²) in [6.45, 7) is 4.02. The van der Waals surface area contributed by atoms with Crippen LogP contribution in [0.2, 0.25) is 0 Å². The van der Waals surface area contributed by atoms with E-state index < -0.39 is 23.6 Å². The van der Waals surface area contributed by atoms with Crippen molar-refractivity contribution in [2.45, 2.75) is 0 Å². The van der Waals surface area contributed by atoms with E-state index in [0.717, 1.165) is 0 Å². The zero-order chi connectivity index (χ0) is 35.3. The topological polar surface area (TPSA) is 240 Å². The lowest BCUT2D eigenvalue weighted by atomic mass is 10.3. The molecule has 0 saturated heterocycles. The number of halogens is 1. The number of nitrogens with one attached hydrogen (secondary N) is 7. The standard InChI is InChI=1S/C29H34BrN13O5/c1-15(30)24(44)39-22-14-43(5)23(38-22)28(48)37-18-10-21(42(4)13-18)27(47)36-17-9-20(41(3)12-17)26(46)35-16-8-19(40(2)11-16)25(45)33-6-7-34-29(31)32/h8-14H,1,6-7H2,2-5H3,(H,33,45)(H,35,46)(H,36,47)(H,37,48)(H,39,44)(H4,31,32,34). The lowest BCUT2D eigenvalue weighted by Crippen LogP contribution is -2.38. The quantitative estimate of drug-likeness (QED) is 0.0457. The van der Waals surface area contributed by atoms with Crippen LogP contribution in [-0.2, 0) is 33.0 Å². The number of imidazole rings is 1.